The number of hydrogen-bond donors (Lipinski definition) is 3. The lowest BCUT2D eigenvalue weighted by Gasteiger charge is -2.43. The molecule has 7 unspecified atom stereocenters. The first kappa shape index (κ1) is 34.0. The van der Waals surface area contributed by atoms with Crippen molar-refractivity contribution in [3.8, 4) is 5.75 Å². The van der Waals surface area contributed by atoms with Crippen molar-refractivity contribution in [1.82, 2.24) is 9.88 Å². The summed E-state index contributed by atoms with van der Waals surface area (Å²) in [5.74, 6) is -3.93. The van der Waals surface area contributed by atoms with Gasteiger partial charge in [-0.2, -0.15) is 0 Å². The number of hydrogen-bond acceptors (Lipinski definition) is 10. The second-order valence-electron chi connectivity index (χ2n) is 13.7. The van der Waals surface area contributed by atoms with E-state index in [1.54, 1.807) is 55.1 Å². The molecule has 2 bridgehead atoms. The Morgan fingerprint density at radius 3 is 2.32 bits per heavy atom. The maximum atomic E-state index is 13.9. The van der Waals surface area contributed by atoms with Gasteiger partial charge in [-0.25, -0.2) is 9.59 Å². The minimum absolute atomic E-state index is 0.0120. The van der Waals surface area contributed by atoms with Crippen LogP contribution in [0.2, 0.25) is 0 Å². The zero-order valence-electron chi connectivity index (χ0n) is 27.6. The van der Waals surface area contributed by atoms with Crippen molar-refractivity contribution in [2.24, 2.45) is 35.5 Å². The van der Waals surface area contributed by atoms with Gasteiger partial charge in [0.15, 0.2) is 6.61 Å². The number of likely N-dealkylation sites (tertiary alicyclic amines) is 1. The van der Waals surface area contributed by atoms with Gasteiger partial charge in [0.25, 0.3) is 5.91 Å². The van der Waals surface area contributed by atoms with Crippen molar-refractivity contribution in [2.75, 3.05) is 18.5 Å². The Bertz CT molecular complexity index is 1900. The van der Waals surface area contributed by atoms with E-state index in [1.165, 1.54) is 0 Å². The Kier molecular flexibility index (Phi) is 9.10. The van der Waals surface area contributed by atoms with E-state index in [1.807, 2.05) is 26.0 Å². The van der Waals surface area contributed by atoms with Crippen LogP contribution in [0.4, 0.5) is 5.69 Å². The maximum Gasteiger partial charge on any atom is 0.338 e. The number of esters is 1. The molecule has 7 rings (SSSR count). The van der Waals surface area contributed by atoms with Crippen LogP contribution in [0.15, 0.2) is 58.4 Å². The second-order valence-corrected chi connectivity index (χ2v) is 15.9. The Morgan fingerprint density at radius 2 is 1.68 bits per heavy atom. The molecule has 8 atom stereocenters. The van der Waals surface area contributed by atoms with E-state index in [0.717, 1.165) is 31.7 Å². The van der Waals surface area contributed by atoms with Gasteiger partial charge in [0, 0.05) is 21.7 Å². The number of aromatic nitrogens is 1. The zero-order chi connectivity index (χ0) is 35.4. The van der Waals surface area contributed by atoms with Crippen LogP contribution in [0.25, 0.3) is 0 Å². The molecule has 3 fully saturated rings. The Labute approximate surface area is 295 Å². The molecule has 14 heteroatoms. The number of thioether (sulfide) groups is 1. The highest BCUT2D eigenvalue weighted by atomic mass is 32.2. The third kappa shape index (κ3) is 5.91. The van der Waals surface area contributed by atoms with Crippen LogP contribution in [-0.4, -0.2) is 69.2 Å². The number of anilines is 1. The lowest BCUT2D eigenvalue weighted by Crippen LogP contribution is -2.47. The molecule has 1 aromatic heterocycles. The third-order valence-corrected chi connectivity index (χ3v) is 12.9. The number of rotatable bonds is 11. The van der Waals surface area contributed by atoms with Crippen LogP contribution in [0.1, 0.15) is 60.3 Å². The van der Waals surface area contributed by atoms with Crippen molar-refractivity contribution in [2.45, 2.75) is 55.8 Å². The van der Waals surface area contributed by atoms with Crippen LogP contribution in [0.3, 0.4) is 0 Å². The van der Waals surface area contributed by atoms with E-state index in [-0.39, 0.29) is 77.1 Å². The molecule has 50 heavy (non-hydrogen) atoms. The van der Waals surface area contributed by atoms with Gasteiger partial charge in [-0.15, -0.1) is 11.8 Å². The molecule has 2 aliphatic carbocycles. The molecule has 2 aromatic carbocycles. The number of H-pyrrole nitrogens is 1. The molecule has 3 N–H and O–H groups in total. The Hall–Kier alpha value is -4.43. The van der Waals surface area contributed by atoms with Crippen molar-refractivity contribution < 1.29 is 38.6 Å². The first-order valence-electron chi connectivity index (χ1n) is 16.8. The van der Waals surface area contributed by atoms with Gasteiger partial charge in [-0.05, 0) is 85.4 Å². The number of carboxylic acids is 1. The molecule has 4 aliphatic rings. The molecule has 262 valence electrons. The fourth-order valence-corrected chi connectivity index (χ4v) is 11.4. The number of nitrogens with one attached hydrogen (secondary N) is 2. The van der Waals surface area contributed by atoms with E-state index >= 15 is 0 Å². The molecule has 3 amide bonds. The third-order valence-electron chi connectivity index (χ3n) is 10.3. The lowest BCUT2D eigenvalue weighted by molar-refractivity contribution is -0.156. The fraction of sp³-hybridized carbons (Fsp3) is 0.444. The largest absolute Gasteiger partial charge is 0.484 e. The van der Waals surface area contributed by atoms with E-state index in [4.69, 9.17) is 9.47 Å². The number of carbonyl (C=O) groups is 5. The standard InChI is InChI=1S/C36H37N3O9S2/c1-4-47-35(45)18-5-9-19(10-6-18)37-24(40)15-48-20-11-7-17(8-12-20)25-26-21-14-22(29(26)49-31-30(25)50-36(46)38-31)28-27(21)32(41)39(33(28)42)23(34(43)44)13-16(2)3/h5-12,16,21-23,25-29H,4,13-15H2,1-3H3,(H,37,40)(H,38,46)(H,43,44)/t21?,22?,23?,25-,26?,27?,28?,29?/m1/s1. The van der Waals surface area contributed by atoms with Gasteiger partial charge in [0.2, 0.25) is 11.8 Å². The predicted octanol–water partition coefficient (Wildman–Crippen LogP) is 4.60. The maximum absolute atomic E-state index is 13.9. The zero-order valence-corrected chi connectivity index (χ0v) is 29.3. The topological polar surface area (TPSA) is 172 Å². The second kappa shape index (κ2) is 13.4. The molecule has 2 saturated carbocycles. The van der Waals surface area contributed by atoms with Crippen LogP contribution in [-0.2, 0) is 23.9 Å². The number of nitrogens with zero attached hydrogens (tertiary/aromatic N) is 1. The Balaban J connectivity index is 1.08. The SMILES string of the molecule is CCOC(=O)c1ccc(NC(=O)COc2ccc([C@H]3c4sc(=O)[nH]c4SC4C5CC(C6C(=O)N(C(CC(C)C)C(=O)O)C(=O)C56)C43)cc2)cc1. The number of fused-ring (bicyclic) bond motifs is 9. The van der Waals surface area contributed by atoms with Crippen molar-refractivity contribution >= 4 is 58.4 Å². The highest BCUT2D eigenvalue weighted by Crippen LogP contribution is 2.68. The van der Waals surface area contributed by atoms with Crippen LogP contribution >= 0.6 is 23.1 Å². The molecule has 0 spiro atoms. The quantitative estimate of drug-likeness (QED) is 0.188. The summed E-state index contributed by atoms with van der Waals surface area (Å²) in [5.41, 5.74) is 1.81. The number of amides is 3. The number of imide groups is 1. The van der Waals surface area contributed by atoms with E-state index in [2.05, 4.69) is 10.3 Å². The summed E-state index contributed by atoms with van der Waals surface area (Å²) in [6.45, 7) is 5.50. The summed E-state index contributed by atoms with van der Waals surface area (Å²) in [5, 5.41) is 13.5. The summed E-state index contributed by atoms with van der Waals surface area (Å²) < 4.78 is 10.8. The summed E-state index contributed by atoms with van der Waals surface area (Å²) in [6.07, 6.45) is 0.896. The normalized spacial score (nSPS) is 26.7. The molecule has 3 aromatic rings. The predicted molar refractivity (Wildman–Crippen MR) is 184 cm³/mol. The minimum atomic E-state index is -1.19. The van der Waals surface area contributed by atoms with E-state index in [9.17, 15) is 33.9 Å². The summed E-state index contributed by atoms with van der Waals surface area (Å²) in [4.78, 5) is 81.9. The van der Waals surface area contributed by atoms with Gasteiger partial charge in [0.1, 0.15) is 11.8 Å². The van der Waals surface area contributed by atoms with Crippen LogP contribution < -0.4 is 14.9 Å². The average molecular weight is 720 g/mol. The fourth-order valence-electron chi connectivity index (χ4n) is 8.50. The molecular formula is C36H37N3O9S2. The summed E-state index contributed by atoms with van der Waals surface area (Å²) >= 11 is 2.73. The first-order chi connectivity index (χ1) is 24.0. The van der Waals surface area contributed by atoms with Crippen molar-refractivity contribution in [3.05, 3.63) is 74.2 Å². The number of thiazole rings is 1. The highest BCUT2D eigenvalue weighted by Gasteiger charge is 2.70. The van der Waals surface area contributed by atoms with Gasteiger partial charge < -0.3 is 24.9 Å². The number of aliphatic carboxylic acids is 1. The number of carboxylic acid groups (broad SMARTS) is 1. The first-order valence-corrected chi connectivity index (χ1v) is 18.5. The van der Waals surface area contributed by atoms with Gasteiger partial charge in [0.05, 0.1) is 29.0 Å². The minimum Gasteiger partial charge on any atom is -0.484 e. The number of carbonyl (C=O) groups excluding carboxylic acids is 4. The molecule has 0 radical (unpaired) electrons. The van der Waals surface area contributed by atoms with Crippen LogP contribution in [0, 0.1) is 35.5 Å². The van der Waals surface area contributed by atoms with Crippen LogP contribution in [0.5, 0.6) is 5.75 Å². The summed E-state index contributed by atoms with van der Waals surface area (Å²) in [7, 11) is 0. The molecule has 2 aliphatic heterocycles. The molecule has 3 heterocycles. The van der Waals surface area contributed by atoms with Crippen molar-refractivity contribution in [1.29, 1.82) is 0 Å². The number of benzene rings is 2. The van der Waals surface area contributed by atoms with E-state index < -0.39 is 29.8 Å². The van der Waals surface area contributed by atoms with Gasteiger partial charge in [-0.1, -0.05) is 37.3 Å². The van der Waals surface area contributed by atoms with Crippen molar-refractivity contribution in [3.63, 3.8) is 0 Å². The highest BCUT2D eigenvalue weighted by molar-refractivity contribution is 8.00. The summed E-state index contributed by atoms with van der Waals surface area (Å²) in [6, 6.07) is 12.5. The van der Waals surface area contributed by atoms with Gasteiger partial charge in [-0.3, -0.25) is 24.1 Å². The Morgan fingerprint density at radius 1 is 1.00 bits per heavy atom. The lowest BCUT2D eigenvalue weighted by atomic mass is 9.68. The molecule has 12 nitrogen and oxygen atoms in total. The number of ether oxygens (including phenoxy) is 2. The van der Waals surface area contributed by atoms with Gasteiger partial charge >= 0.3 is 16.8 Å². The van der Waals surface area contributed by atoms with E-state index in [0.29, 0.717) is 23.4 Å². The average Bonchev–Trinajstić information content (AvgIpc) is 3.82. The number of aromatic amines is 1. The monoisotopic (exact) mass is 719 g/mol. The smallest absolute Gasteiger partial charge is 0.338 e. The molecule has 1 saturated heterocycles. The molecular weight excluding hydrogens is 683 g/mol.